The van der Waals surface area contributed by atoms with E-state index in [4.69, 9.17) is 19.3 Å². The van der Waals surface area contributed by atoms with Gasteiger partial charge in [0.25, 0.3) is 0 Å². The van der Waals surface area contributed by atoms with Gasteiger partial charge in [0.1, 0.15) is 35.7 Å². The number of halogens is 2. The molecule has 4 aromatic rings. The minimum Gasteiger partial charge on any atom is -0.467 e. The molecule has 38 heavy (non-hydrogen) atoms. The van der Waals surface area contributed by atoms with Gasteiger partial charge in [0, 0.05) is 17.9 Å². The summed E-state index contributed by atoms with van der Waals surface area (Å²) in [6, 6.07) is 4.17. The van der Waals surface area contributed by atoms with E-state index in [2.05, 4.69) is 24.9 Å². The van der Waals surface area contributed by atoms with Crippen molar-refractivity contribution < 1.29 is 27.1 Å². The van der Waals surface area contributed by atoms with Crippen LogP contribution in [0.5, 0.6) is 5.88 Å². The second kappa shape index (κ2) is 9.31. The van der Waals surface area contributed by atoms with E-state index >= 15 is 4.39 Å². The fourth-order valence-corrected chi connectivity index (χ4v) is 6.24. The standard InChI is InChI=1S/C25H20F2N6O4S/c26-12-24(19-7-25(19,38-23(28)33-24)20-9-29-13-37-20)15-5-14(1-2-16(15)27)6-18(34)17-8-32-21(10-31-17)36-11-22-30-3-4-35-22/h1-5,8-10,13,19H,6-7,11-12H2,(H2,28,33)/t19-,24+,25-/m0/s1. The zero-order chi connectivity index (χ0) is 26.3. The van der Waals surface area contributed by atoms with Crippen molar-refractivity contribution >= 4 is 22.7 Å². The Balaban J connectivity index is 1.23. The molecule has 0 amide bonds. The minimum absolute atomic E-state index is 0.0429. The van der Waals surface area contributed by atoms with Crippen LogP contribution in [0.25, 0.3) is 0 Å². The van der Waals surface area contributed by atoms with Crippen LogP contribution in [0.2, 0.25) is 0 Å². The number of Topliss-reactive ketones (excluding diaryl/α,β-unsaturated/α-hetero) is 1. The van der Waals surface area contributed by atoms with Gasteiger partial charge in [-0.05, 0) is 24.1 Å². The fraction of sp³-hybridized carbons (Fsp3) is 0.280. The van der Waals surface area contributed by atoms with Gasteiger partial charge in [-0.3, -0.25) is 4.79 Å². The Morgan fingerprint density at radius 2 is 2.11 bits per heavy atom. The third-order valence-electron chi connectivity index (χ3n) is 6.74. The Kier molecular flexibility index (Phi) is 5.94. The van der Waals surface area contributed by atoms with Crippen LogP contribution in [0.15, 0.2) is 69.5 Å². The summed E-state index contributed by atoms with van der Waals surface area (Å²) in [6.45, 7) is -0.905. The molecule has 3 aromatic heterocycles. The quantitative estimate of drug-likeness (QED) is 0.313. The maximum Gasteiger partial charge on any atom is 0.232 e. The van der Waals surface area contributed by atoms with Gasteiger partial charge in [-0.2, -0.15) is 0 Å². The van der Waals surface area contributed by atoms with E-state index in [-0.39, 0.29) is 41.1 Å². The molecular weight excluding hydrogens is 518 g/mol. The molecular formula is C25H20F2N6O4S. The van der Waals surface area contributed by atoms with Crippen molar-refractivity contribution in [1.29, 1.82) is 0 Å². The highest BCUT2D eigenvalue weighted by atomic mass is 32.2. The number of hydrogen-bond donors (Lipinski definition) is 1. The number of alkyl halides is 1. The highest BCUT2D eigenvalue weighted by molar-refractivity contribution is 8.14. The summed E-state index contributed by atoms with van der Waals surface area (Å²) in [5.41, 5.74) is 5.18. The first kappa shape index (κ1) is 24.2. The molecule has 1 aromatic carbocycles. The molecule has 0 saturated heterocycles. The van der Waals surface area contributed by atoms with Crippen molar-refractivity contribution in [3.05, 3.63) is 89.9 Å². The number of aliphatic imine (C=N–C) groups is 1. The lowest BCUT2D eigenvalue weighted by Crippen LogP contribution is -2.39. The number of benzene rings is 1. The van der Waals surface area contributed by atoms with Gasteiger partial charge in [-0.25, -0.2) is 33.7 Å². The van der Waals surface area contributed by atoms with Crippen molar-refractivity contribution in [1.82, 2.24) is 19.9 Å². The molecule has 0 spiro atoms. The van der Waals surface area contributed by atoms with Gasteiger partial charge in [0.05, 0.1) is 29.5 Å². The van der Waals surface area contributed by atoms with Crippen LogP contribution >= 0.6 is 11.8 Å². The first-order valence-corrected chi connectivity index (χ1v) is 12.4. The maximum atomic E-state index is 15.2. The van der Waals surface area contributed by atoms with Crippen molar-refractivity contribution in [2.75, 3.05) is 6.67 Å². The SMILES string of the molecule is NC1=N[C@](CF)(c2cc(CC(=O)c3cnc(OCc4ncco4)cn3)ccc2F)[C@@H]2C[C@]2(c2cnco2)S1. The molecule has 194 valence electrons. The van der Waals surface area contributed by atoms with Crippen molar-refractivity contribution in [3.8, 4) is 5.88 Å². The third kappa shape index (κ3) is 4.12. The van der Waals surface area contributed by atoms with Crippen LogP contribution < -0.4 is 10.5 Å². The molecule has 3 atom stereocenters. The number of oxazole rings is 2. The van der Waals surface area contributed by atoms with Gasteiger partial charge < -0.3 is 19.3 Å². The molecule has 1 aliphatic carbocycles. The molecule has 10 nitrogen and oxygen atoms in total. The first-order valence-electron chi connectivity index (χ1n) is 11.6. The largest absolute Gasteiger partial charge is 0.467 e. The summed E-state index contributed by atoms with van der Waals surface area (Å²) in [7, 11) is 0. The van der Waals surface area contributed by atoms with Crippen LogP contribution in [-0.2, 0) is 23.3 Å². The molecule has 1 saturated carbocycles. The van der Waals surface area contributed by atoms with Crippen LogP contribution in [-0.4, -0.2) is 37.6 Å². The molecule has 13 heteroatoms. The predicted octanol–water partition coefficient (Wildman–Crippen LogP) is 3.74. The Labute approximate surface area is 218 Å². The van der Waals surface area contributed by atoms with Gasteiger partial charge in [0.15, 0.2) is 24.0 Å². The van der Waals surface area contributed by atoms with E-state index in [0.29, 0.717) is 23.6 Å². The molecule has 2 N–H and O–H groups in total. The summed E-state index contributed by atoms with van der Waals surface area (Å²) < 4.78 is 45.4. The molecule has 6 rings (SSSR count). The zero-order valence-corrected chi connectivity index (χ0v) is 20.5. The summed E-state index contributed by atoms with van der Waals surface area (Å²) >= 11 is 1.27. The van der Waals surface area contributed by atoms with Gasteiger partial charge in [-0.15, -0.1) is 0 Å². The Bertz CT molecular complexity index is 1500. The fourth-order valence-electron chi connectivity index (χ4n) is 4.87. The number of nitrogens with two attached hydrogens (primary N) is 1. The number of nitrogens with zero attached hydrogens (tertiary/aromatic N) is 5. The molecule has 0 radical (unpaired) electrons. The van der Waals surface area contributed by atoms with E-state index < -0.39 is 28.7 Å². The lowest BCUT2D eigenvalue weighted by atomic mass is 9.83. The van der Waals surface area contributed by atoms with E-state index in [9.17, 15) is 9.18 Å². The predicted molar refractivity (Wildman–Crippen MR) is 130 cm³/mol. The Morgan fingerprint density at radius 1 is 1.21 bits per heavy atom. The molecule has 0 unspecified atom stereocenters. The Hall–Kier alpha value is -4.13. The average molecular weight is 539 g/mol. The van der Waals surface area contributed by atoms with Crippen molar-refractivity contribution in [2.24, 2.45) is 16.6 Å². The summed E-state index contributed by atoms with van der Waals surface area (Å²) in [5.74, 6) is -0.279. The van der Waals surface area contributed by atoms with E-state index in [1.807, 2.05) is 0 Å². The van der Waals surface area contributed by atoms with E-state index in [0.717, 1.165) is 0 Å². The van der Waals surface area contributed by atoms with Crippen molar-refractivity contribution in [2.45, 2.75) is 29.7 Å². The summed E-state index contributed by atoms with van der Waals surface area (Å²) in [4.78, 5) is 33.5. The monoisotopic (exact) mass is 538 g/mol. The molecule has 2 aliphatic rings. The topological polar surface area (TPSA) is 143 Å². The number of rotatable bonds is 9. The second-order valence-corrected chi connectivity index (χ2v) is 10.3. The van der Waals surface area contributed by atoms with E-state index in [1.54, 1.807) is 6.20 Å². The molecule has 1 aliphatic heterocycles. The minimum atomic E-state index is -1.55. The smallest absolute Gasteiger partial charge is 0.232 e. The van der Waals surface area contributed by atoms with Gasteiger partial charge in [0.2, 0.25) is 11.8 Å². The summed E-state index contributed by atoms with van der Waals surface area (Å²) in [5, 5.41) is 0.133. The maximum absolute atomic E-state index is 15.2. The number of carbonyl (C=O) groups is 1. The third-order valence-corrected chi connectivity index (χ3v) is 8.06. The van der Waals surface area contributed by atoms with Gasteiger partial charge in [-0.1, -0.05) is 17.8 Å². The number of fused-ring (bicyclic) bond motifs is 1. The van der Waals surface area contributed by atoms with E-state index in [1.165, 1.54) is 61.2 Å². The molecule has 0 bridgehead atoms. The summed E-state index contributed by atoms with van der Waals surface area (Å²) in [6.07, 6.45) is 8.77. The zero-order valence-electron chi connectivity index (χ0n) is 19.7. The molecule has 4 heterocycles. The Morgan fingerprint density at radius 3 is 2.82 bits per heavy atom. The van der Waals surface area contributed by atoms with Crippen molar-refractivity contribution in [3.63, 3.8) is 0 Å². The lowest BCUT2D eigenvalue weighted by molar-refractivity contribution is 0.0987. The van der Waals surface area contributed by atoms with Crippen LogP contribution in [0, 0.1) is 11.7 Å². The van der Waals surface area contributed by atoms with Crippen LogP contribution in [0.3, 0.4) is 0 Å². The number of ether oxygens (including phenoxy) is 1. The number of amidine groups is 1. The number of hydrogen-bond acceptors (Lipinski definition) is 11. The number of thioether (sulfide) groups is 1. The highest BCUT2D eigenvalue weighted by Gasteiger charge is 2.70. The lowest BCUT2D eigenvalue weighted by Gasteiger charge is -2.34. The normalized spacial score (nSPS) is 23.9. The highest BCUT2D eigenvalue weighted by Crippen LogP contribution is 2.71. The average Bonchev–Trinajstić information content (AvgIpc) is 3.30. The van der Waals surface area contributed by atoms with Gasteiger partial charge >= 0.3 is 0 Å². The first-order chi connectivity index (χ1) is 18.4. The van der Waals surface area contributed by atoms with Crippen LogP contribution in [0.4, 0.5) is 8.78 Å². The molecule has 1 fully saturated rings. The second-order valence-electron chi connectivity index (χ2n) is 8.99. The number of ketones is 1. The number of aromatic nitrogens is 4. The number of carbonyl (C=O) groups excluding carboxylic acids is 1. The van der Waals surface area contributed by atoms with Crippen LogP contribution in [0.1, 0.15) is 39.7 Å².